The summed E-state index contributed by atoms with van der Waals surface area (Å²) < 4.78 is 25.1. The van der Waals surface area contributed by atoms with Crippen LogP contribution in [-0.2, 0) is 14.8 Å². The summed E-state index contributed by atoms with van der Waals surface area (Å²) in [5, 5.41) is 2.89. The maximum absolute atomic E-state index is 12.2. The van der Waals surface area contributed by atoms with Gasteiger partial charge in [0.1, 0.15) is 0 Å². The Labute approximate surface area is 148 Å². The van der Waals surface area contributed by atoms with Crippen LogP contribution >= 0.6 is 0 Å². The first-order chi connectivity index (χ1) is 11.7. The molecule has 0 bridgehead atoms. The summed E-state index contributed by atoms with van der Waals surface area (Å²) in [5.41, 5.74) is 3.15. The molecule has 0 saturated carbocycles. The van der Waals surface area contributed by atoms with E-state index in [-0.39, 0.29) is 11.9 Å². The minimum absolute atomic E-state index is 0.199. The van der Waals surface area contributed by atoms with Crippen molar-refractivity contribution in [2.24, 2.45) is 0 Å². The highest BCUT2D eigenvalue weighted by molar-refractivity contribution is 7.92. The summed E-state index contributed by atoms with van der Waals surface area (Å²) in [6.07, 6.45) is 2.66. The van der Waals surface area contributed by atoms with E-state index >= 15 is 0 Å². The molecule has 0 aliphatic rings. The Morgan fingerprint density at radius 3 is 2.40 bits per heavy atom. The van der Waals surface area contributed by atoms with E-state index in [0.29, 0.717) is 5.69 Å². The van der Waals surface area contributed by atoms with Crippen LogP contribution in [0.5, 0.6) is 0 Å². The first-order valence-corrected chi connectivity index (χ1v) is 9.76. The SMILES string of the molecule is C/C(=C\C(=O)NC(C)c1cccc(NS(C)(=O)=O)c1)c1ccccc1. The number of hydrogen-bond acceptors (Lipinski definition) is 3. The summed E-state index contributed by atoms with van der Waals surface area (Å²) in [4.78, 5) is 12.2. The van der Waals surface area contributed by atoms with E-state index < -0.39 is 10.0 Å². The first-order valence-electron chi connectivity index (χ1n) is 7.86. The Bertz CT molecular complexity index is 875. The van der Waals surface area contributed by atoms with Gasteiger partial charge >= 0.3 is 0 Å². The van der Waals surface area contributed by atoms with Crippen LogP contribution in [0.2, 0.25) is 0 Å². The lowest BCUT2D eigenvalue weighted by Crippen LogP contribution is -2.25. The van der Waals surface area contributed by atoms with Crippen molar-refractivity contribution in [1.82, 2.24) is 5.32 Å². The third-order valence-electron chi connectivity index (χ3n) is 3.63. The fraction of sp³-hybridized carbons (Fsp3) is 0.211. The number of hydrogen-bond donors (Lipinski definition) is 2. The molecule has 1 amide bonds. The zero-order valence-corrected chi connectivity index (χ0v) is 15.3. The van der Waals surface area contributed by atoms with Crippen molar-refractivity contribution in [2.45, 2.75) is 19.9 Å². The molecule has 0 radical (unpaired) electrons. The molecule has 0 aliphatic carbocycles. The second-order valence-corrected chi connectivity index (χ2v) is 7.67. The molecule has 1 atom stereocenters. The van der Waals surface area contributed by atoms with Gasteiger partial charge in [0.2, 0.25) is 15.9 Å². The summed E-state index contributed by atoms with van der Waals surface area (Å²) >= 11 is 0. The second-order valence-electron chi connectivity index (χ2n) is 5.92. The highest BCUT2D eigenvalue weighted by atomic mass is 32.2. The van der Waals surface area contributed by atoms with E-state index in [1.807, 2.05) is 50.2 Å². The Balaban J connectivity index is 2.07. The van der Waals surface area contributed by atoms with Crippen molar-refractivity contribution in [2.75, 3.05) is 11.0 Å². The molecule has 0 saturated heterocycles. The van der Waals surface area contributed by atoms with E-state index in [4.69, 9.17) is 0 Å². The third-order valence-corrected chi connectivity index (χ3v) is 4.23. The molecular formula is C19H22N2O3S. The lowest BCUT2D eigenvalue weighted by Gasteiger charge is -2.15. The molecule has 132 valence electrons. The predicted octanol–water partition coefficient (Wildman–Crippen LogP) is 3.34. The maximum atomic E-state index is 12.2. The third kappa shape index (κ3) is 6.08. The minimum Gasteiger partial charge on any atom is -0.346 e. The standard InChI is InChI=1S/C19H22N2O3S/c1-14(16-8-5-4-6-9-16)12-19(22)20-15(2)17-10-7-11-18(13-17)21-25(3,23)24/h4-13,15,21H,1-3H3,(H,20,22)/b14-12+. The van der Waals surface area contributed by atoms with Crippen molar-refractivity contribution in [1.29, 1.82) is 0 Å². The number of rotatable bonds is 6. The van der Waals surface area contributed by atoms with Gasteiger partial charge in [0.25, 0.3) is 0 Å². The van der Waals surface area contributed by atoms with Crippen molar-refractivity contribution in [3.8, 4) is 0 Å². The lowest BCUT2D eigenvalue weighted by molar-refractivity contribution is -0.117. The maximum Gasteiger partial charge on any atom is 0.244 e. The molecule has 6 heteroatoms. The normalized spacial score (nSPS) is 13.2. The van der Waals surface area contributed by atoms with Crippen LogP contribution in [0, 0.1) is 0 Å². The molecule has 0 heterocycles. The molecule has 25 heavy (non-hydrogen) atoms. The van der Waals surface area contributed by atoms with Crippen molar-refractivity contribution >= 4 is 27.2 Å². The molecule has 2 aromatic rings. The van der Waals surface area contributed by atoms with E-state index in [9.17, 15) is 13.2 Å². The fourth-order valence-electron chi connectivity index (χ4n) is 2.40. The average molecular weight is 358 g/mol. The number of allylic oxidation sites excluding steroid dienone is 1. The topological polar surface area (TPSA) is 75.3 Å². The van der Waals surface area contributed by atoms with Gasteiger partial charge in [-0.05, 0) is 42.7 Å². The molecule has 0 spiro atoms. The summed E-state index contributed by atoms with van der Waals surface area (Å²) in [6.45, 7) is 3.74. The number of anilines is 1. The van der Waals surface area contributed by atoms with Crippen LogP contribution in [0.4, 0.5) is 5.69 Å². The Kier molecular flexibility index (Phi) is 5.98. The van der Waals surface area contributed by atoms with Crippen molar-refractivity contribution in [3.63, 3.8) is 0 Å². The van der Waals surface area contributed by atoms with Gasteiger partial charge < -0.3 is 5.32 Å². The summed E-state index contributed by atoms with van der Waals surface area (Å²) in [6, 6.07) is 16.4. The zero-order chi connectivity index (χ0) is 18.4. The van der Waals surface area contributed by atoms with Crippen molar-refractivity contribution in [3.05, 3.63) is 71.8 Å². The van der Waals surface area contributed by atoms with Crippen LogP contribution in [0.3, 0.4) is 0 Å². The fourth-order valence-corrected chi connectivity index (χ4v) is 2.96. The van der Waals surface area contributed by atoms with Gasteiger partial charge in [-0.2, -0.15) is 0 Å². The van der Waals surface area contributed by atoms with Gasteiger partial charge in [-0.1, -0.05) is 42.5 Å². The Hall–Kier alpha value is -2.60. The molecule has 2 N–H and O–H groups in total. The molecular weight excluding hydrogens is 336 g/mol. The second kappa shape index (κ2) is 7.98. The van der Waals surface area contributed by atoms with Crippen LogP contribution in [-0.4, -0.2) is 20.6 Å². The molecule has 1 unspecified atom stereocenters. The molecule has 0 aliphatic heterocycles. The molecule has 5 nitrogen and oxygen atoms in total. The van der Waals surface area contributed by atoms with Crippen molar-refractivity contribution < 1.29 is 13.2 Å². The molecule has 0 fully saturated rings. The van der Waals surface area contributed by atoms with Gasteiger partial charge in [0.05, 0.1) is 12.3 Å². The van der Waals surface area contributed by atoms with E-state index in [1.54, 1.807) is 24.3 Å². The van der Waals surface area contributed by atoms with E-state index in [0.717, 1.165) is 23.0 Å². The monoisotopic (exact) mass is 358 g/mol. The quantitative estimate of drug-likeness (QED) is 0.778. The number of carbonyl (C=O) groups excluding carboxylic acids is 1. The Morgan fingerprint density at radius 1 is 1.08 bits per heavy atom. The number of nitrogens with one attached hydrogen (secondary N) is 2. The number of amides is 1. The van der Waals surface area contributed by atoms with Gasteiger partial charge in [-0.15, -0.1) is 0 Å². The van der Waals surface area contributed by atoms with Gasteiger partial charge in [-0.25, -0.2) is 8.42 Å². The molecule has 0 aromatic heterocycles. The summed E-state index contributed by atoms with van der Waals surface area (Å²) in [5.74, 6) is -0.199. The predicted molar refractivity (Wildman–Crippen MR) is 102 cm³/mol. The van der Waals surface area contributed by atoms with Gasteiger partial charge in [-0.3, -0.25) is 9.52 Å². The Morgan fingerprint density at radius 2 is 1.76 bits per heavy atom. The lowest BCUT2D eigenvalue weighted by atomic mass is 10.1. The smallest absolute Gasteiger partial charge is 0.244 e. The van der Waals surface area contributed by atoms with Crippen LogP contribution in [0.15, 0.2) is 60.7 Å². The summed E-state index contributed by atoms with van der Waals surface area (Å²) in [7, 11) is -3.34. The number of benzene rings is 2. The van der Waals surface area contributed by atoms with Gasteiger partial charge in [0.15, 0.2) is 0 Å². The zero-order valence-electron chi connectivity index (χ0n) is 14.5. The number of sulfonamides is 1. The van der Waals surface area contributed by atoms with Crippen LogP contribution in [0.25, 0.3) is 5.57 Å². The average Bonchev–Trinajstić information content (AvgIpc) is 2.54. The highest BCUT2D eigenvalue weighted by Crippen LogP contribution is 2.19. The van der Waals surface area contributed by atoms with Crippen LogP contribution < -0.4 is 10.0 Å². The van der Waals surface area contributed by atoms with E-state index in [2.05, 4.69) is 10.0 Å². The largest absolute Gasteiger partial charge is 0.346 e. The molecule has 2 aromatic carbocycles. The van der Waals surface area contributed by atoms with E-state index in [1.165, 1.54) is 0 Å². The minimum atomic E-state index is -3.34. The number of carbonyl (C=O) groups is 1. The van der Waals surface area contributed by atoms with Gasteiger partial charge in [0, 0.05) is 11.8 Å². The first kappa shape index (κ1) is 18.7. The molecule has 2 rings (SSSR count). The van der Waals surface area contributed by atoms with Crippen LogP contribution in [0.1, 0.15) is 31.0 Å². The highest BCUT2D eigenvalue weighted by Gasteiger charge is 2.10.